The van der Waals surface area contributed by atoms with Gasteiger partial charge in [0.25, 0.3) is 0 Å². The molecule has 0 atom stereocenters. The number of nitrogens with zero attached hydrogens (tertiary/aromatic N) is 2. The first-order chi connectivity index (χ1) is 9.15. The zero-order valence-electron chi connectivity index (χ0n) is 12.4. The molecule has 0 bridgehead atoms. The maximum absolute atomic E-state index is 6.02. The Morgan fingerprint density at radius 2 is 1.71 bits per heavy atom. The van der Waals surface area contributed by atoms with Crippen LogP contribution in [0.1, 0.15) is 18.4 Å². The fraction of sp³-hybridized carbons (Fsp3) is 0.600. The second kappa shape index (κ2) is 11.3. The van der Waals surface area contributed by atoms with Crippen molar-refractivity contribution in [3.05, 3.63) is 33.8 Å². The summed E-state index contributed by atoms with van der Waals surface area (Å²) in [7, 11) is 2.19. The van der Waals surface area contributed by atoms with Crippen LogP contribution in [0.2, 0.25) is 10.0 Å². The van der Waals surface area contributed by atoms with E-state index in [0.717, 1.165) is 19.5 Å². The number of rotatable bonds is 6. The number of hydrogen-bond acceptors (Lipinski definition) is 2. The van der Waals surface area contributed by atoms with Crippen molar-refractivity contribution in [3.8, 4) is 0 Å². The van der Waals surface area contributed by atoms with Gasteiger partial charge in [-0.3, -0.25) is 0 Å². The van der Waals surface area contributed by atoms with Gasteiger partial charge in [0.1, 0.15) is 0 Å². The van der Waals surface area contributed by atoms with Crippen LogP contribution in [0.3, 0.4) is 0 Å². The van der Waals surface area contributed by atoms with E-state index < -0.39 is 0 Å². The van der Waals surface area contributed by atoms with Crippen molar-refractivity contribution in [1.29, 1.82) is 0 Å². The van der Waals surface area contributed by atoms with Gasteiger partial charge in [-0.2, -0.15) is 0 Å². The Balaban J connectivity index is 0.00000200. The van der Waals surface area contributed by atoms with E-state index in [0.29, 0.717) is 10.0 Å². The second-order valence-corrected chi connectivity index (χ2v) is 6.16. The van der Waals surface area contributed by atoms with Crippen LogP contribution in [-0.2, 0) is 6.42 Å². The molecule has 0 aliphatic carbocycles. The number of likely N-dealkylation sites (N-methyl/N-ethyl adjacent to an activating group) is 1. The molecule has 2 rings (SSSR count). The average molecular weight is 463 g/mol. The molecule has 0 saturated carbocycles. The van der Waals surface area contributed by atoms with Gasteiger partial charge in [-0.1, -0.05) is 29.3 Å². The average Bonchev–Trinajstić information content (AvgIpc) is 2.91. The summed E-state index contributed by atoms with van der Waals surface area (Å²) in [5.74, 6) is 0. The molecular formula is C15H24Br2Cl2N2. The summed E-state index contributed by atoms with van der Waals surface area (Å²) in [6, 6.07) is 5.91. The molecule has 0 aromatic heterocycles. The highest BCUT2D eigenvalue weighted by Crippen LogP contribution is 2.22. The highest BCUT2D eigenvalue weighted by atomic mass is 79.9. The van der Waals surface area contributed by atoms with Gasteiger partial charge in [0.2, 0.25) is 0 Å². The van der Waals surface area contributed by atoms with Gasteiger partial charge in [0.15, 0.2) is 0 Å². The Morgan fingerprint density at radius 3 is 2.33 bits per heavy atom. The first kappa shape index (κ1) is 21.7. The smallest absolute Gasteiger partial charge is 0.0595 e. The van der Waals surface area contributed by atoms with Gasteiger partial charge in [0, 0.05) is 19.6 Å². The minimum absolute atomic E-state index is 0. The van der Waals surface area contributed by atoms with Crippen molar-refractivity contribution in [2.45, 2.75) is 19.3 Å². The molecule has 21 heavy (non-hydrogen) atoms. The third-order valence-electron chi connectivity index (χ3n) is 3.76. The Kier molecular flexibility index (Phi) is 11.6. The topological polar surface area (TPSA) is 6.48 Å². The largest absolute Gasteiger partial charge is 0.305 e. The number of benzene rings is 1. The molecule has 1 aromatic carbocycles. The zero-order valence-corrected chi connectivity index (χ0v) is 17.3. The standard InChI is InChI=1S/C15H22Cl2N2.2BrH/c1-18(10-11-19-7-2-3-8-19)9-6-13-4-5-14(16)15(17)12-13;;/h4-5,12H,2-3,6-11H2,1H3;2*1H. The minimum atomic E-state index is 0. The Labute approximate surface area is 159 Å². The van der Waals surface area contributed by atoms with Crippen LogP contribution in [0.4, 0.5) is 0 Å². The predicted molar refractivity (Wildman–Crippen MR) is 104 cm³/mol. The van der Waals surface area contributed by atoms with Crippen molar-refractivity contribution in [1.82, 2.24) is 9.80 Å². The van der Waals surface area contributed by atoms with Gasteiger partial charge in [0.05, 0.1) is 10.0 Å². The summed E-state index contributed by atoms with van der Waals surface area (Å²) < 4.78 is 0. The number of hydrogen-bond donors (Lipinski definition) is 0. The van der Waals surface area contributed by atoms with E-state index >= 15 is 0 Å². The van der Waals surface area contributed by atoms with E-state index in [4.69, 9.17) is 23.2 Å². The first-order valence-corrected chi connectivity index (χ1v) is 7.75. The van der Waals surface area contributed by atoms with E-state index in [2.05, 4.69) is 22.9 Å². The normalized spacial score (nSPS) is 14.9. The third kappa shape index (κ3) is 7.67. The fourth-order valence-electron chi connectivity index (χ4n) is 2.45. The summed E-state index contributed by atoms with van der Waals surface area (Å²) in [6.07, 6.45) is 3.76. The van der Waals surface area contributed by atoms with Gasteiger partial charge < -0.3 is 9.80 Å². The number of likely N-dealkylation sites (tertiary alicyclic amines) is 1. The molecule has 1 heterocycles. The highest BCUT2D eigenvalue weighted by molar-refractivity contribution is 8.93. The van der Waals surface area contributed by atoms with Gasteiger partial charge >= 0.3 is 0 Å². The molecule has 1 saturated heterocycles. The Bertz CT molecular complexity index is 413. The Morgan fingerprint density at radius 1 is 1.05 bits per heavy atom. The molecule has 1 aliphatic heterocycles. The van der Waals surface area contributed by atoms with Crippen LogP contribution >= 0.6 is 57.2 Å². The zero-order chi connectivity index (χ0) is 13.7. The van der Waals surface area contributed by atoms with Gasteiger partial charge in [-0.05, 0) is 57.1 Å². The van der Waals surface area contributed by atoms with Crippen LogP contribution in [-0.4, -0.2) is 49.6 Å². The molecule has 0 unspecified atom stereocenters. The van der Waals surface area contributed by atoms with Gasteiger partial charge in [-0.25, -0.2) is 0 Å². The maximum atomic E-state index is 6.02. The van der Waals surface area contributed by atoms with Crippen molar-refractivity contribution in [3.63, 3.8) is 0 Å². The second-order valence-electron chi connectivity index (χ2n) is 5.35. The van der Waals surface area contributed by atoms with E-state index in [9.17, 15) is 0 Å². The van der Waals surface area contributed by atoms with E-state index in [-0.39, 0.29) is 34.0 Å². The van der Waals surface area contributed by atoms with Crippen molar-refractivity contribution < 1.29 is 0 Å². The molecule has 1 fully saturated rings. The molecule has 2 nitrogen and oxygen atoms in total. The minimum Gasteiger partial charge on any atom is -0.305 e. The summed E-state index contributed by atoms with van der Waals surface area (Å²) in [5.41, 5.74) is 1.25. The molecule has 122 valence electrons. The highest BCUT2D eigenvalue weighted by Gasteiger charge is 2.11. The van der Waals surface area contributed by atoms with Crippen LogP contribution in [0.5, 0.6) is 0 Å². The van der Waals surface area contributed by atoms with Crippen molar-refractivity contribution in [2.24, 2.45) is 0 Å². The lowest BCUT2D eigenvalue weighted by Gasteiger charge is -2.21. The van der Waals surface area contributed by atoms with Crippen LogP contribution in [0.15, 0.2) is 18.2 Å². The fourth-order valence-corrected chi connectivity index (χ4v) is 2.77. The molecule has 0 N–H and O–H groups in total. The van der Waals surface area contributed by atoms with Crippen LogP contribution < -0.4 is 0 Å². The van der Waals surface area contributed by atoms with E-state index in [1.807, 2.05) is 12.1 Å². The molecule has 1 aliphatic rings. The predicted octanol–water partition coefficient (Wildman–Crippen LogP) is 4.72. The summed E-state index contributed by atoms with van der Waals surface area (Å²) >= 11 is 11.9. The van der Waals surface area contributed by atoms with E-state index in [1.54, 1.807) is 0 Å². The molecule has 0 spiro atoms. The summed E-state index contributed by atoms with van der Waals surface area (Å²) in [6.45, 7) is 5.95. The van der Waals surface area contributed by atoms with Crippen molar-refractivity contribution >= 4 is 57.2 Å². The lowest BCUT2D eigenvalue weighted by Crippen LogP contribution is -2.32. The molecule has 0 radical (unpaired) electrons. The summed E-state index contributed by atoms with van der Waals surface area (Å²) in [5, 5.41) is 1.28. The van der Waals surface area contributed by atoms with Gasteiger partial charge in [-0.15, -0.1) is 34.0 Å². The lowest BCUT2D eigenvalue weighted by molar-refractivity contribution is 0.259. The quantitative estimate of drug-likeness (QED) is 0.603. The molecule has 1 aromatic rings. The van der Waals surface area contributed by atoms with E-state index in [1.165, 1.54) is 38.0 Å². The lowest BCUT2D eigenvalue weighted by atomic mass is 10.1. The molecule has 0 amide bonds. The number of halogens is 4. The van der Waals surface area contributed by atoms with Crippen molar-refractivity contribution in [2.75, 3.05) is 39.8 Å². The first-order valence-electron chi connectivity index (χ1n) is 7.00. The monoisotopic (exact) mass is 460 g/mol. The van der Waals surface area contributed by atoms with Crippen LogP contribution in [0, 0.1) is 0 Å². The third-order valence-corrected chi connectivity index (χ3v) is 4.50. The SMILES string of the molecule is Br.Br.CN(CCc1ccc(Cl)c(Cl)c1)CCN1CCCC1. The molecular weight excluding hydrogens is 439 g/mol. The van der Waals surface area contributed by atoms with Crippen LogP contribution in [0.25, 0.3) is 0 Å². The Hall–Kier alpha value is 0.680. The maximum Gasteiger partial charge on any atom is 0.0595 e. The molecule has 6 heteroatoms. The summed E-state index contributed by atoms with van der Waals surface area (Å²) in [4.78, 5) is 4.94.